The predicted octanol–water partition coefficient (Wildman–Crippen LogP) is 2.73. The van der Waals surface area contributed by atoms with Crippen LogP contribution in [0.25, 0.3) is 0 Å². The monoisotopic (exact) mass is 347 g/mol. The molecule has 2 N–H and O–H groups in total. The Balaban J connectivity index is 1.93. The van der Waals surface area contributed by atoms with Crippen molar-refractivity contribution >= 4 is 33.4 Å². The number of carbonyl (C=O) groups excluding carboxylic acids is 2. The van der Waals surface area contributed by atoms with Gasteiger partial charge in [0.15, 0.2) is 0 Å². The predicted molar refractivity (Wildman–Crippen MR) is 83.9 cm³/mol. The Hall–Kier alpha value is -2.21. The van der Waals surface area contributed by atoms with Crippen LogP contribution in [0.2, 0.25) is 0 Å². The molecule has 0 radical (unpaired) electrons. The van der Waals surface area contributed by atoms with Gasteiger partial charge in [-0.05, 0) is 39.7 Å². The van der Waals surface area contributed by atoms with Crippen molar-refractivity contribution < 1.29 is 9.59 Å². The van der Waals surface area contributed by atoms with Crippen LogP contribution in [0.5, 0.6) is 0 Å². The zero-order chi connectivity index (χ0) is 15.2. The van der Waals surface area contributed by atoms with E-state index in [-0.39, 0.29) is 11.8 Å². The minimum absolute atomic E-state index is 0.113. The summed E-state index contributed by atoms with van der Waals surface area (Å²) in [5, 5.41) is 5.50. The number of rotatable bonds is 4. The van der Waals surface area contributed by atoms with Crippen molar-refractivity contribution in [3.63, 3.8) is 0 Å². The smallest absolute Gasteiger partial charge is 0.253 e. The van der Waals surface area contributed by atoms with Crippen LogP contribution < -0.4 is 10.6 Å². The number of hydrogen-bond donors (Lipinski definition) is 2. The second-order valence-corrected chi connectivity index (χ2v) is 5.37. The number of pyridine rings is 1. The van der Waals surface area contributed by atoms with Crippen LogP contribution in [-0.4, -0.2) is 16.8 Å². The SMILES string of the molecule is CC(=O)Nc1ccc(CNC(=O)c2cncc(Br)c2)cc1. The lowest BCUT2D eigenvalue weighted by atomic mass is 10.2. The topological polar surface area (TPSA) is 71.1 Å². The third-order valence-electron chi connectivity index (χ3n) is 2.69. The molecule has 2 amide bonds. The standard InChI is InChI=1S/C15H14BrN3O2/c1-10(20)19-14-4-2-11(3-5-14)7-18-15(21)12-6-13(16)9-17-8-12/h2-6,8-9H,7H2,1H3,(H,18,21)(H,19,20). The third-order valence-corrected chi connectivity index (χ3v) is 3.13. The van der Waals surface area contributed by atoms with Gasteiger partial charge in [-0.15, -0.1) is 0 Å². The molecule has 0 unspecified atom stereocenters. The fourth-order valence-corrected chi connectivity index (χ4v) is 2.09. The molecule has 0 saturated heterocycles. The summed E-state index contributed by atoms with van der Waals surface area (Å²) in [5.74, 6) is -0.298. The minimum atomic E-state index is -0.185. The molecular weight excluding hydrogens is 334 g/mol. The molecular formula is C15H14BrN3O2. The Bertz CT molecular complexity index is 656. The van der Waals surface area contributed by atoms with Gasteiger partial charge in [-0.25, -0.2) is 0 Å². The highest BCUT2D eigenvalue weighted by molar-refractivity contribution is 9.10. The maximum Gasteiger partial charge on any atom is 0.253 e. The summed E-state index contributed by atoms with van der Waals surface area (Å²) in [7, 11) is 0. The van der Waals surface area contributed by atoms with E-state index in [1.165, 1.54) is 13.1 Å². The van der Waals surface area contributed by atoms with Gasteiger partial charge in [0.1, 0.15) is 0 Å². The Morgan fingerprint density at radius 2 is 1.90 bits per heavy atom. The van der Waals surface area contributed by atoms with Crippen LogP contribution in [-0.2, 0) is 11.3 Å². The second kappa shape index (κ2) is 6.99. The van der Waals surface area contributed by atoms with Crippen molar-refractivity contribution in [2.24, 2.45) is 0 Å². The van der Waals surface area contributed by atoms with E-state index in [1.54, 1.807) is 24.4 Å². The fraction of sp³-hybridized carbons (Fsp3) is 0.133. The van der Waals surface area contributed by atoms with Gasteiger partial charge in [0.25, 0.3) is 5.91 Å². The molecule has 0 atom stereocenters. The van der Waals surface area contributed by atoms with Gasteiger partial charge in [-0.3, -0.25) is 14.6 Å². The van der Waals surface area contributed by atoms with E-state index < -0.39 is 0 Å². The summed E-state index contributed by atoms with van der Waals surface area (Å²) in [6.45, 7) is 1.87. The van der Waals surface area contributed by atoms with E-state index in [0.29, 0.717) is 12.1 Å². The van der Waals surface area contributed by atoms with E-state index in [9.17, 15) is 9.59 Å². The molecule has 2 rings (SSSR count). The second-order valence-electron chi connectivity index (χ2n) is 4.45. The molecule has 1 heterocycles. The van der Waals surface area contributed by atoms with Gasteiger partial charge in [0, 0.05) is 36.0 Å². The first-order valence-corrected chi connectivity index (χ1v) is 7.09. The van der Waals surface area contributed by atoms with Crippen molar-refractivity contribution in [2.45, 2.75) is 13.5 Å². The van der Waals surface area contributed by atoms with E-state index in [2.05, 4.69) is 31.5 Å². The van der Waals surface area contributed by atoms with E-state index in [1.807, 2.05) is 12.1 Å². The van der Waals surface area contributed by atoms with Crippen molar-refractivity contribution in [1.29, 1.82) is 0 Å². The lowest BCUT2D eigenvalue weighted by molar-refractivity contribution is -0.114. The van der Waals surface area contributed by atoms with E-state index in [0.717, 1.165) is 15.7 Å². The van der Waals surface area contributed by atoms with Crippen molar-refractivity contribution in [3.8, 4) is 0 Å². The molecule has 108 valence electrons. The number of benzene rings is 1. The number of halogens is 1. The zero-order valence-electron chi connectivity index (χ0n) is 11.4. The summed E-state index contributed by atoms with van der Waals surface area (Å²) < 4.78 is 0.759. The Labute approximate surface area is 130 Å². The molecule has 0 aliphatic heterocycles. The molecule has 2 aromatic rings. The summed E-state index contributed by atoms with van der Waals surface area (Å²) in [5.41, 5.74) is 2.17. The van der Waals surface area contributed by atoms with Gasteiger partial charge in [-0.2, -0.15) is 0 Å². The van der Waals surface area contributed by atoms with E-state index >= 15 is 0 Å². The maximum absolute atomic E-state index is 12.0. The molecule has 0 saturated carbocycles. The zero-order valence-corrected chi connectivity index (χ0v) is 13.0. The number of aromatic nitrogens is 1. The molecule has 0 bridgehead atoms. The molecule has 0 spiro atoms. The highest BCUT2D eigenvalue weighted by atomic mass is 79.9. The number of nitrogens with zero attached hydrogens (tertiary/aromatic N) is 1. The van der Waals surface area contributed by atoms with Gasteiger partial charge >= 0.3 is 0 Å². The van der Waals surface area contributed by atoms with Crippen molar-refractivity contribution in [2.75, 3.05) is 5.32 Å². The van der Waals surface area contributed by atoms with Crippen LogP contribution in [0.1, 0.15) is 22.8 Å². The highest BCUT2D eigenvalue weighted by Crippen LogP contribution is 2.11. The number of amides is 2. The maximum atomic E-state index is 12.0. The summed E-state index contributed by atoms with van der Waals surface area (Å²) in [6.07, 6.45) is 3.14. The van der Waals surface area contributed by atoms with Gasteiger partial charge in [0.05, 0.1) is 5.56 Å². The first-order valence-electron chi connectivity index (χ1n) is 6.30. The molecule has 5 nitrogen and oxygen atoms in total. The first-order chi connectivity index (χ1) is 10.0. The average Bonchev–Trinajstić information content (AvgIpc) is 2.45. The number of carbonyl (C=O) groups is 2. The number of anilines is 1. The lowest BCUT2D eigenvalue weighted by Gasteiger charge is -2.07. The molecule has 0 aliphatic carbocycles. The summed E-state index contributed by atoms with van der Waals surface area (Å²) in [6, 6.07) is 9.00. The Morgan fingerprint density at radius 1 is 1.19 bits per heavy atom. The van der Waals surface area contributed by atoms with Gasteiger partial charge in [-0.1, -0.05) is 12.1 Å². The Kier molecular flexibility index (Phi) is 5.05. The number of nitrogens with one attached hydrogen (secondary N) is 2. The minimum Gasteiger partial charge on any atom is -0.348 e. The van der Waals surface area contributed by atoms with Crippen LogP contribution in [0.4, 0.5) is 5.69 Å². The summed E-state index contributed by atoms with van der Waals surface area (Å²) >= 11 is 3.28. The molecule has 1 aromatic carbocycles. The van der Waals surface area contributed by atoms with Crippen LogP contribution in [0.15, 0.2) is 47.2 Å². The van der Waals surface area contributed by atoms with Gasteiger partial charge in [0.2, 0.25) is 5.91 Å². The van der Waals surface area contributed by atoms with Crippen LogP contribution >= 0.6 is 15.9 Å². The quantitative estimate of drug-likeness (QED) is 0.893. The molecule has 0 aliphatic rings. The van der Waals surface area contributed by atoms with Crippen LogP contribution in [0, 0.1) is 0 Å². The van der Waals surface area contributed by atoms with Crippen molar-refractivity contribution in [1.82, 2.24) is 10.3 Å². The normalized spacial score (nSPS) is 10.0. The number of hydrogen-bond acceptors (Lipinski definition) is 3. The Morgan fingerprint density at radius 3 is 2.52 bits per heavy atom. The van der Waals surface area contributed by atoms with E-state index in [4.69, 9.17) is 0 Å². The van der Waals surface area contributed by atoms with Crippen LogP contribution in [0.3, 0.4) is 0 Å². The molecule has 1 aromatic heterocycles. The molecule has 0 fully saturated rings. The lowest BCUT2D eigenvalue weighted by Crippen LogP contribution is -2.22. The molecule has 6 heteroatoms. The van der Waals surface area contributed by atoms with Gasteiger partial charge < -0.3 is 10.6 Å². The first kappa shape index (κ1) is 15.2. The highest BCUT2D eigenvalue weighted by Gasteiger charge is 2.06. The average molecular weight is 348 g/mol. The molecule has 21 heavy (non-hydrogen) atoms. The third kappa shape index (κ3) is 4.68. The van der Waals surface area contributed by atoms with Crippen molar-refractivity contribution in [3.05, 3.63) is 58.3 Å². The largest absolute Gasteiger partial charge is 0.348 e. The fourth-order valence-electron chi connectivity index (χ4n) is 1.73. The summed E-state index contributed by atoms with van der Waals surface area (Å²) in [4.78, 5) is 26.8.